The molecule has 2 aromatic heterocycles. The fourth-order valence-electron chi connectivity index (χ4n) is 3.32. The first-order chi connectivity index (χ1) is 16.5. The second-order valence-corrected chi connectivity index (χ2v) is 10.1. The molecule has 8 nitrogen and oxygen atoms in total. The molecular formula is C26H31N3O5S. The van der Waals surface area contributed by atoms with Crippen LogP contribution in [-0.4, -0.2) is 40.1 Å². The lowest BCUT2D eigenvalue weighted by Gasteiger charge is -2.19. The molecule has 1 N–H and O–H groups in total. The molecule has 0 saturated heterocycles. The van der Waals surface area contributed by atoms with Gasteiger partial charge in [-0.1, -0.05) is 31.5 Å². The summed E-state index contributed by atoms with van der Waals surface area (Å²) in [6.45, 7) is 11.1. The molecule has 186 valence electrons. The standard InChI is InChI=1S/C26H31N3O5S/c1-7-8-14-33-24(31)20-16(2)21(25(32)34-26(4,5)6)35-22(20)27-15-19-17(3)28-29(23(19)30)18-12-10-9-11-13-18/h9-13,15,28H,7-8,14H2,1-6H3. The number of aromatic nitrogens is 2. The number of carbonyl (C=O) groups excluding carboxylic acids is 2. The third kappa shape index (κ3) is 6.16. The average Bonchev–Trinajstić information content (AvgIpc) is 3.27. The summed E-state index contributed by atoms with van der Waals surface area (Å²) in [7, 11) is 0. The first-order valence-electron chi connectivity index (χ1n) is 11.5. The van der Waals surface area contributed by atoms with Crippen LogP contribution in [0.3, 0.4) is 0 Å². The summed E-state index contributed by atoms with van der Waals surface area (Å²) in [5.74, 6) is -1.09. The second-order valence-electron chi connectivity index (χ2n) is 9.11. The Kier molecular flexibility index (Phi) is 8.11. The van der Waals surface area contributed by atoms with Crippen molar-refractivity contribution in [1.82, 2.24) is 9.78 Å². The van der Waals surface area contributed by atoms with E-state index in [-0.39, 0.29) is 27.6 Å². The average molecular weight is 498 g/mol. The van der Waals surface area contributed by atoms with Gasteiger partial charge in [0.2, 0.25) is 0 Å². The highest BCUT2D eigenvalue weighted by Crippen LogP contribution is 2.37. The summed E-state index contributed by atoms with van der Waals surface area (Å²) >= 11 is 1.04. The van der Waals surface area contributed by atoms with E-state index in [1.54, 1.807) is 34.6 Å². The molecule has 0 saturated carbocycles. The quantitative estimate of drug-likeness (QED) is 0.251. The molecule has 0 unspecified atom stereocenters. The molecule has 35 heavy (non-hydrogen) atoms. The number of thiophene rings is 1. The SMILES string of the molecule is CCCCOC(=O)c1c(N=Cc2c(C)[nH]n(-c3ccccc3)c2=O)sc(C(=O)OC(C)(C)C)c1C. The number of H-pyrrole nitrogens is 1. The van der Waals surface area contributed by atoms with E-state index in [2.05, 4.69) is 10.1 Å². The van der Waals surface area contributed by atoms with Gasteiger partial charge < -0.3 is 9.47 Å². The maximum atomic E-state index is 13.0. The number of aliphatic imine (C=N–C) groups is 1. The van der Waals surface area contributed by atoms with Gasteiger partial charge in [0.05, 0.1) is 17.9 Å². The minimum Gasteiger partial charge on any atom is -0.462 e. The van der Waals surface area contributed by atoms with E-state index in [1.807, 2.05) is 37.3 Å². The fraction of sp³-hybridized carbons (Fsp3) is 0.385. The minimum atomic E-state index is -0.691. The summed E-state index contributed by atoms with van der Waals surface area (Å²) in [6, 6.07) is 9.19. The van der Waals surface area contributed by atoms with E-state index < -0.39 is 17.5 Å². The Hall–Kier alpha value is -3.46. The largest absolute Gasteiger partial charge is 0.462 e. The molecule has 0 amide bonds. The number of benzene rings is 1. The van der Waals surface area contributed by atoms with Crippen molar-refractivity contribution in [3.05, 3.63) is 67.9 Å². The van der Waals surface area contributed by atoms with Crippen molar-refractivity contribution >= 4 is 34.5 Å². The second kappa shape index (κ2) is 10.9. The summed E-state index contributed by atoms with van der Waals surface area (Å²) < 4.78 is 12.4. The van der Waals surface area contributed by atoms with Crippen molar-refractivity contribution in [2.45, 2.75) is 60.0 Å². The Labute approximate surface area is 208 Å². The van der Waals surface area contributed by atoms with Crippen molar-refractivity contribution in [2.75, 3.05) is 6.61 Å². The Balaban J connectivity index is 2.03. The fourth-order valence-corrected chi connectivity index (χ4v) is 4.34. The molecule has 3 aromatic rings. The van der Waals surface area contributed by atoms with Crippen LogP contribution in [0.4, 0.5) is 5.00 Å². The molecule has 1 aromatic carbocycles. The van der Waals surface area contributed by atoms with Crippen LogP contribution in [0.2, 0.25) is 0 Å². The van der Waals surface area contributed by atoms with Crippen LogP contribution in [0, 0.1) is 13.8 Å². The van der Waals surface area contributed by atoms with Crippen molar-refractivity contribution in [1.29, 1.82) is 0 Å². The zero-order chi connectivity index (χ0) is 25.8. The molecule has 0 aliphatic rings. The summed E-state index contributed by atoms with van der Waals surface area (Å²) in [5, 5.41) is 3.34. The monoisotopic (exact) mass is 497 g/mol. The van der Waals surface area contributed by atoms with Crippen LogP contribution in [0.15, 0.2) is 40.1 Å². The number of carbonyl (C=O) groups is 2. The number of rotatable bonds is 8. The van der Waals surface area contributed by atoms with Gasteiger partial charge >= 0.3 is 11.9 Å². The van der Waals surface area contributed by atoms with Gasteiger partial charge in [0.1, 0.15) is 21.0 Å². The van der Waals surface area contributed by atoms with Gasteiger partial charge in [-0.2, -0.15) is 0 Å². The number of ether oxygens (including phenoxy) is 2. The predicted molar refractivity (Wildman–Crippen MR) is 138 cm³/mol. The number of hydrogen-bond donors (Lipinski definition) is 1. The maximum absolute atomic E-state index is 13.0. The molecule has 0 aliphatic heterocycles. The number of nitrogens with zero attached hydrogens (tertiary/aromatic N) is 2. The first-order valence-corrected chi connectivity index (χ1v) is 12.3. The van der Waals surface area contributed by atoms with Crippen molar-refractivity contribution in [3.63, 3.8) is 0 Å². The number of aromatic amines is 1. The third-order valence-electron chi connectivity index (χ3n) is 5.09. The van der Waals surface area contributed by atoms with Crippen LogP contribution >= 0.6 is 11.3 Å². The summed E-state index contributed by atoms with van der Waals surface area (Å²) in [6.07, 6.45) is 3.03. The van der Waals surface area contributed by atoms with Crippen LogP contribution in [-0.2, 0) is 9.47 Å². The highest BCUT2D eigenvalue weighted by atomic mass is 32.1. The molecule has 9 heteroatoms. The zero-order valence-corrected chi connectivity index (χ0v) is 21.7. The van der Waals surface area contributed by atoms with Crippen molar-refractivity contribution in [3.8, 4) is 5.69 Å². The van der Waals surface area contributed by atoms with Gasteiger partial charge in [-0.05, 0) is 58.7 Å². The Morgan fingerprint density at radius 2 is 1.83 bits per heavy atom. The lowest BCUT2D eigenvalue weighted by atomic mass is 10.1. The number of unbranched alkanes of at least 4 members (excludes halogenated alkanes) is 1. The van der Waals surface area contributed by atoms with Gasteiger partial charge in [-0.25, -0.2) is 19.3 Å². The van der Waals surface area contributed by atoms with Crippen LogP contribution in [0.25, 0.3) is 5.69 Å². The third-order valence-corrected chi connectivity index (χ3v) is 6.27. The smallest absolute Gasteiger partial charge is 0.349 e. The van der Waals surface area contributed by atoms with Gasteiger partial charge in [0, 0.05) is 11.9 Å². The van der Waals surface area contributed by atoms with Crippen LogP contribution < -0.4 is 5.56 Å². The Morgan fingerprint density at radius 1 is 1.14 bits per heavy atom. The number of para-hydroxylation sites is 1. The molecule has 0 fully saturated rings. The minimum absolute atomic E-state index is 0.208. The molecule has 3 rings (SSSR count). The van der Waals surface area contributed by atoms with E-state index >= 15 is 0 Å². The van der Waals surface area contributed by atoms with Gasteiger partial charge in [-0.3, -0.25) is 9.89 Å². The first kappa shape index (κ1) is 26.2. The van der Waals surface area contributed by atoms with E-state index in [1.165, 1.54) is 10.9 Å². The number of nitrogens with one attached hydrogen (secondary N) is 1. The molecule has 0 aliphatic carbocycles. The van der Waals surface area contributed by atoms with Crippen LogP contribution in [0.1, 0.15) is 77.4 Å². The number of aryl methyl sites for hydroxylation is 1. The predicted octanol–water partition coefficient (Wildman–Crippen LogP) is 5.51. The summed E-state index contributed by atoms with van der Waals surface area (Å²) in [4.78, 5) is 43.5. The molecule has 0 bridgehead atoms. The lowest BCUT2D eigenvalue weighted by Crippen LogP contribution is -2.23. The van der Waals surface area contributed by atoms with Gasteiger partial charge in [0.15, 0.2) is 0 Å². The van der Waals surface area contributed by atoms with Gasteiger partial charge in [0.25, 0.3) is 5.56 Å². The molecule has 0 radical (unpaired) electrons. The molecule has 0 atom stereocenters. The Bertz CT molecular complexity index is 1290. The summed E-state index contributed by atoms with van der Waals surface area (Å²) in [5.41, 5.74) is 1.36. The van der Waals surface area contributed by atoms with E-state index in [4.69, 9.17) is 9.47 Å². The van der Waals surface area contributed by atoms with Gasteiger partial charge in [-0.15, -0.1) is 11.3 Å². The molecule has 2 heterocycles. The lowest BCUT2D eigenvalue weighted by molar-refractivity contribution is 0.00745. The topological polar surface area (TPSA) is 103 Å². The number of esters is 2. The zero-order valence-electron chi connectivity index (χ0n) is 20.9. The van der Waals surface area contributed by atoms with Crippen molar-refractivity contribution < 1.29 is 19.1 Å². The van der Waals surface area contributed by atoms with Crippen LogP contribution in [0.5, 0.6) is 0 Å². The highest BCUT2D eigenvalue weighted by molar-refractivity contribution is 7.18. The van der Waals surface area contributed by atoms with E-state index in [0.717, 1.165) is 24.2 Å². The Morgan fingerprint density at radius 3 is 2.46 bits per heavy atom. The molecular weight excluding hydrogens is 466 g/mol. The van der Waals surface area contributed by atoms with Crippen molar-refractivity contribution in [2.24, 2.45) is 4.99 Å². The van der Waals surface area contributed by atoms with E-state index in [0.29, 0.717) is 22.5 Å². The maximum Gasteiger partial charge on any atom is 0.349 e. The number of hydrogen-bond acceptors (Lipinski definition) is 7. The normalized spacial score (nSPS) is 11.7. The van der Waals surface area contributed by atoms with E-state index in [9.17, 15) is 14.4 Å². The highest BCUT2D eigenvalue weighted by Gasteiger charge is 2.28. The molecule has 0 spiro atoms.